The molecule has 1 N–H and O–H groups in total. The standard InChI is InChI=1S/C14H20N4O/c1-10(15-12(19)9-14(2,3)4)13-17-16-11-7-5-6-8-18(11)13/h5-8,10H,9H2,1-4H3,(H,15,19)/t10-/m0/s1. The average molecular weight is 260 g/mol. The summed E-state index contributed by atoms with van der Waals surface area (Å²) in [5.41, 5.74) is 0.769. The van der Waals surface area contributed by atoms with Crippen molar-refractivity contribution in [2.75, 3.05) is 0 Å². The molecule has 102 valence electrons. The normalized spacial score (nSPS) is 13.5. The van der Waals surface area contributed by atoms with E-state index >= 15 is 0 Å². The van der Waals surface area contributed by atoms with Gasteiger partial charge in [0, 0.05) is 12.6 Å². The third-order valence-corrected chi connectivity index (χ3v) is 2.80. The lowest BCUT2D eigenvalue weighted by molar-refractivity contribution is -0.123. The van der Waals surface area contributed by atoms with Crippen LogP contribution < -0.4 is 5.32 Å². The fourth-order valence-corrected chi connectivity index (χ4v) is 1.99. The molecule has 0 radical (unpaired) electrons. The number of amides is 1. The van der Waals surface area contributed by atoms with Crippen LogP contribution >= 0.6 is 0 Å². The van der Waals surface area contributed by atoms with E-state index in [1.807, 2.05) is 56.5 Å². The summed E-state index contributed by atoms with van der Waals surface area (Å²) >= 11 is 0. The monoisotopic (exact) mass is 260 g/mol. The Bertz CT molecular complexity index is 582. The number of nitrogens with one attached hydrogen (secondary N) is 1. The van der Waals surface area contributed by atoms with Gasteiger partial charge >= 0.3 is 0 Å². The van der Waals surface area contributed by atoms with E-state index in [0.717, 1.165) is 11.5 Å². The van der Waals surface area contributed by atoms with E-state index < -0.39 is 0 Å². The molecule has 2 aromatic heterocycles. The highest BCUT2D eigenvalue weighted by atomic mass is 16.1. The Morgan fingerprint density at radius 1 is 1.37 bits per heavy atom. The zero-order valence-corrected chi connectivity index (χ0v) is 11.8. The van der Waals surface area contributed by atoms with Gasteiger partial charge in [-0.2, -0.15) is 0 Å². The number of hydrogen-bond donors (Lipinski definition) is 1. The first kappa shape index (κ1) is 13.5. The lowest BCUT2D eigenvalue weighted by Gasteiger charge is -2.19. The van der Waals surface area contributed by atoms with Gasteiger partial charge in [-0.1, -0.05) is 26.8 Å². The lowest BCUT2D eigenvalue weighted by Crippen LogP contribution is -2.30. The zero-order chi connectivity index (χ0) is 14.0. The van der Waals surface area contributed by atoms with E-state index in [1.54, 1.807) is 0 Å². The molecule has 1 amide bonds. The predicted octanol–water partition coefficient (Wildman–Crippen LogP) is 2.34. The molecule has 0 fully saturated rings. The molecule has 0 aliphatic rings. The summed E-state index contributed by atoms with van der Waals surface area (Å²) < 4.78 is 1.89. The van der Waals surface area contributed by atoms with Gasteiger partial charge in [-0.3, -0.25) is 9.20 Å². The number of rotatable bonds is 3. The molecular formula is C14H20N4O. The summed E-state index contributed by atoms with van der Waals surface area (Å²) in [6, 6.07) is 5.56. The number of hydrogen-bond acceptors (Lipinski definition) is 3. The second-order valence-electron chi connectivity index (χ2n) is 6.01. The third kappa shape index (κ3) is 3.30. The first-order valence-corrected chi connectivity index (χ1v) is 6.46. The number of carbonyl (C=O) groups is 1. The van der Waals surface area contributed by atoms with Crippen molar-refractivity contribution >= 4 is 11.6 Å². The van der Waals surface area contributed by atoms with E-state index in [9.17, 15) is 4.79 Å². The SMILES string of the molecule is C[C@H](NC(=O)CC(C)(C)C)c1nnc2ccccn12. The molecule has 0 aliphatic carbocycles. The van der Waals surface area contributed by atoms with Crippen LogP contribution in [0.3, 0.4) is 0 Å². The Morgan fingerprint density at radius 2 is 2.11 bits per heavy atom. The van der Waals surface area contributed by atoms with Crippen LogP contribution in [0.5, 0.6) is 0 Å². The van der Waals surface area contributed by atoms with E-state index in [-0.39, 0.29) is 17.4 Å². The molecule has 0 saturated heterocycles. The van der Waals surface area contributed by atoms with Gasteiger partial charge in [0.15, 0.2) is 11.5 Å². The molecule has 0 bridgehead atoms. The highest BCUT2D eigenvalue weighted by Gasteiger charge is 2.20. The molecule has 0 aromatic carbocycles. The van der Waals surface area contributed by atoms with Crippen LogP contribution in [-0.4, -0.2) is 20.5 Å². The lowest BCUT2D eigenvalue weighted by atomic mass is 9.92. The van der Waals surface area contributed by atoms with Gasteiger partial charge in [0.25, 0.3) is 0 Å². The fourth-order valence-electron chi connectivity index (χ4n) is 1.99. The summed E-state index contributed by atoms with van der Waals surface area (Å²) in [4.78, 5) is 11.9. The highest BCUT2D eigenvalue weighted by Crippen LogP contribution is 2.19. The van der Waals surface area contributed by atoms with Gasteiger partial charge in [0.05, 0.1) is 6.04 Å². The fraction of sp³-hybridized carbons (Fsp3) is 0.500. The van der Waals surface area contributed by atoms with Crippen molar-refractivity contribution in [3.63, 3.8) is 0 Å². The number of nitrogens with zero attached hydrogens (tertiary/aromatic N) is 3. The Morgan fingerprint density at radius 3 is 2.79 bits per heavy atom. The minimum absolute atomic E-state index is 0.0171. The first-order chi connectivity index (χ1) is 8.87. The zero-order valence-electron chi connectivity index (χ0n) is 11.8. The summed E-state index contributed by atoms with van der Waals surface area (Å²) in [7, 11) is 0. The van der Waals surface area contributed by atoms with E-state index in [0.29, 0.717) is 6.42 Å². The smallest absolute Gasteiger partial charge is 0.221 e. The van der Waals surface area contributed by atoms with Crippen molar-refractivity contribution in [2.24, 2.45) is 5.41 Å². The minimum atomic E-state index is -0.160. The van der Waals surface area contributed by atoms with Gasteiger partial charge in [0.1, 0.15) is 0 Å². The van der Waals surface area contributed by atoms with Crippen molar-refractivity contribution in [3.8, 4) is 0 Å². The van der Waals surface area contributed by atoms with Gasteiger partial charge < -0.3 is 5.32 Å². The van der Waals surface area contributed by atoms with Crippen LogP contribution in [0.4, 0.5) is 0 Å². The van der Waals surface area contributed by atoms with E-state index in [1.165, 1.54) is 0 Å². The molecule has 0 aliphatic heterocycles. The molecule has 2 heterocycles. The summed E-state index contributed by atoms with van der Waals surface area (Å²) in [5, 5.41) is 11.2. The van der Waals surface area contributed by atoms with Gasteiger partial charge in [-0.25, -0.2) is 0 Å². The van der Waals surface area contributed by atoms with E-state index in [4.69, 9.17) is 0 Å². The van der Waals surface area contributed by atoms with Crippen LogP contribution in [-0.2, 0) is 4.79 Å². The Hall–Kier alpha value is -1.91. The third-order valence-electron chi connectivity index (χ3n) is 2.80. The van der Waals surface area contributed by atoms with Gasteiger partial charge in [-0.05, 0) is 24.5 Å². The molecule has 19 heavy (non-hydrogen) atoms. The molecule has 5 nitrogen and oxygen atoms in total. The molecule has 0 unspecified atom stereocenters. The molecule has 2 rings (SSSR count). The topological polar surface area (TPSA) is 59.3 Å². The molecule has 0 saturated carbocycles. The van der Waals surface area contributed by atoms with Crippen LogP contribution in [0.15, 0.2) is 24.4 Å². The second kappa shape index (κ2) is 4.99. The van der Waals surface area contributed by atoms with Crippen LogP contribution in [0.1, 0.15) is 46.0 Å². The summed E-state index contributed by atoms with van der Waals surface area (Å²) in [5.74, 6) is 0.783. The summed E-state index contributed by atoms with van der Waals surface area (Å²) in [6.45, 7) is 8.06. The Labute approximate surface area is 113 Å². The van der Waals surface area contributed by atoms with Gasteiger partial charge in [0.2, 0.25) is 5.91 Å². The number of carbonyl (C=O) groups excluding carboxylic acids is 1. The highest BCUT2D eigenvalue weighted by molar-refractivity contribution is 5.76. The number of fused-ring (bicyclic) bond motifs is 1. The van der Waals surface area contributed by atoms with Crippen LogP contribution in [0.2, 0.25) is 0 Å². The van der Waals surface area contributed by atoms with E-state index in [2.05, 4.69) is 15.5 Å². The average Bonchev–Trinajstić information content (AvgIpc) is 2.69. The maximum Gasteiger partial charge on any atom is 0.221 e. The van der Waals surface area contributed by atoms with Crippen molar-refractivity contribution in [3.05, 3.63) is 30.2 Å². The van der Waals surface area contributed by atoms with Crippen molar-refractivity contribution in [2.45, 2.75) is 40.2 Å². The first-order valence-electron chi connectivity index (χ1n) is 6.46. The molecule has 5 heteroatoms. The summed E-state index contributed by atoms with van der Waals surface area (Å²) in [6.07, 6.45) is 2.39. The molecular weight excluding hydrogens is 240 g/mol. The predicted molar refractivity (Wildman–Crippen MR) is 73.6 cm³/mol. The van der Waals surface area contributed by atoms with Crippen molar-refractivity contribution < 1.29 is 4.79 Å². The molecule has 1 atom stereocenters. The largest absolute Gasteiger partial charge is 0.346 e. The van der Waals surface area contributed by atoms with Gasteiger partial charge in [-0.15, -0.1) is 10.2 Å². The Balaban J connectivity index is 2.12. The second-order valence-corrected chi connectivity index (χ2v) is 6.01. The number of pyridine rings is 1. The van der Waals surface area contributed by atoms with Crippen LogP contribution in [0.25, 0.3) is 5.65 Å². The maximum absolute atomic E-state index is 11.9. The molecule has 2 aromatic rings. The van der Waals surface area contributed by atoms with Crippen molar-refractivity contribution in [1.29, 1.82) is 0 Å². The number of aromatic nitrogens is 3. The quantitative estimate of drug-likeness (QED) is 0.921. The molecule has 0 spiro atoms. The minimum Gasteiger partial charge on any atom is -0.346 e. The maximum atomic E-state index is 11.9. The van der Waals surface area contributed by atoms with Crippen LogP contribution in [0, 0.1) is 5.41 Å². The van der Waals surface area contributed by atoms with Crippen molar-refractivity contribution in [1.82, 2.24) is 19.9 Å². The Kier molecular flexibility index (Phi) is 3.55.